The van der Waals surface area contributed by atoms with Crippen molar-refractivity contribution in [3.8, 4) is 0 Å². The van der Waals surface area contributed by atoms with Crippen molar-refractivity contribution >= 4 is 29.7 Å². The molecule has 1 aromatic carbocycles. The van der Waals surface area contributed by atoms with Gasteiger partial charge in [0.15, 0.2) is 0 Å². The first-order chi connectivity index (χ1) is 15.0. The smallest absolute Gasteiger partial charge is 0.326 e. The molecule has 0 saturated heterocycles. The number of rotatable bonds is 13. The molecule has 0 aliphatic heterocycles. The maximum Gasteiger partial charge on any atom is 0.326 e. The number of benzene rings is 1. The van der Waals surface area contributed by atoms with Gasteiger partial charge in [-0.3, -0.25) is 19.2 Å². The van der Waals surface area contributed by atoms with Crippen LogP contribution in [0.15, 0.2) is 30.3 Å². The van der Waals surface area contributed by atoms with Gasteiger partial charge >= 0.3 is 11.9 Å². The van der Waals surface area contributed by atoms with Gasteiger partial charge in [-0.25, -0.2) is 4.79 Å². The third-order valence-electron chi connectivity index (χ3n) is 4.64. The van der Waals surface area contributed by atoms with Gasteiger partial charge in [0.05, 0.1) is 12.6 Å². The quantitative estimate of drug-likeness (QED) is 0.226. The van der Waals surface area contributed by atoms with Gasteiger partial charge < -0.3 is 31.9 Å². The third kappa shape index (κ3) is 9.56. The van der Waals surface area contributed by atoms with E-state index in [0.29, 0.717) is 5.56 Å². The summed E-state index contributed by atoms with van der Waals surface area (Å²) in [6.45, 7) is 3.01. The average Bonchev–Trinajstić information content (AvgIpc) is 2.74. The molecular formula is C21H30N4O7. The predicted molar refractivity (Wildman–Crippen MR) is 114 cm³/mol. The van der Waals surface area contributed by atoms with Gasteiger partial charge in [0, 0.05) is 12.8 Å². The number of carbonyl (C=O) groups is 5. The van der Waals surface area contributed by atoms with E-state index in [9.17, 15) is 29.1 Å². The number of carboxylic acid groups (broad SMARTS) is 2. The highest BCUT2D eigenvalue weighted by Crippen LogP contribution is 2.06. The predicted octanol–water partition coefficient (Wildman–Crippen LogP) is -0.752. The molecule has 0 aliphatic carbocycles. The monoisotopic (exact) mass is 450 g/mol. The van der Waals surface area contributed by atoms with Gasteiger partial charge in [0.25, 0.3) is 0 Å². The van der Waals surface area contributed by atoms with Gasteiger partial charge in [0.1, 0.15) is 12.1 Å². The fraction of sp³-hybridized carbons (Fsp3) is 0.476. The molecule has 176 valence electrons. The van der Waals surface area contributed by atoms with Crippen molar-refractivity contribution in [3.63, 3.8) is 0 Å². The first kappa shape index (κ1) is 26.6. The molecule has 3 amide bonds. The van der Waals surface area contributed by atoms with E-state index in [1.54, 1.807) is 44.2 Å². The zero-order valence-electron chi connectivity index (χ0n) is 18.0. The molecule has 0 radical (unpaired) electrons. The minimum Gasteiger partial charge on any atom is -0.481 e. The number of amides is 3. The zero-order valence-corrected chi connectivity index (χ0v) is 18.0. The van der Waals surface area contributed by atoms with E-state index in [4.69, 9.17) is 10.8 Å². The lowest BCUT2D eigenvalue weighted by Crippen LogP contribution is -2.54. The Morgan fingerprint density at radius 3 is 2.09 bits per heavy atom. The van der Waals surface area contributed by atoms with E-state index >= 15 is 0 Å². The second-order valence-electron chi connectivity index (χ2n) is 7.63. The topological polar surface area (TPSA) is 188 Å². The zero-order chi connectivity index (χ0) is 24.3. The number of nitrogens with one attached hydrogen (secondary N) is 3. The molecule has 11 heteroatoms. The number of nitrogens with two attached hydrogens (primary N) is 1. The molecule has 0 bridgehead atoms. The van der Waals surface area contributed by atoms with Gasteiger partial charge in [-0.05, 0) is 17.9 Å². The van der Waals surface area contributed by atoms with Crippen molar-refractivity contribution in [2.45, 2.75) is 51.2 Å². The Labute approximate surface area is 185 Å². The van der Waals surface area contributed by atoms with Crippen LogP contribution in [0.3, 0.4) is 0 Å². The Bertz CT molecular complexity index is 814. The van der Waals surface area contributed by atoms with Crippen LogP contribution >= 0.6 is 0 Å². The average molecular weight is 450 g/mol. The van der Waals surface area contributed by atoms with E-state index in [1.807, 2.05) is 0 Å². The summed E-state index contributed by atoms with van der Waals surface area (Å²) in [5.74, 6) is -4.74. The lowest BCUT2D eigenvalue weighted by Gasteiger charge is -2.22. The molecule has 32 heavy (non-hydrogen) atoms. The molecule has 0 heterocycles. The molecule has 0 spiro atoms. The lowest BCUT2D eigenvalue weighted by atomic mass is 10.0. The molecule has 11 nitrogen and oxygen atoms in total. The number of carboxylic acids is 2. The van der Waals surface area contributed by atoms with Crippen molar-refractivity contribution in [2.24, 2.45) is 11.7 Å². The first-order valence-corrected chi connectivity index (χ1v) is 10.1. The minimum absolute atomic E-state index is 0.00462. The van der Waals surface area contributed by atoms with Crippen molar-refractivity contribution in [1.29, 1.82) is 0 Å². The lowest BCUT2D eigenvalue weighted by molar-refractivity contribution is -0.143. The summed E-state index contributed by atoms with van der Waals surface area (Å²) in [7, 11) is 0. The number of carbonyl (C=O) groups excluding carboxylic acids is 3. The van der Waals surface area contributed by atoms with Crippen LogP contribution in [0.5, 0.6) is 0 Å². The van der Waals surface area contributed by atoms with E-state index in [2.05, 4.69) is 16.0 Å². The highest BCUT2D eigenvalue weighted by molar-refractivity contribution is 5.92. The van der Waals surface area contributed by atoms with Gasteiger partial charge in [-0.1, -0.05) is 44.2 Å². The second-order valence-corrected chi connectivity index (χ2v) is 7.63. The number of hydrogen-bond acceptors (Lipinski definition) is 6. The summed E-state index contributed by atoms with van der Waals surface area (Å²) in [4.78, 5) is 59.2. The standard InChI is InChI=1S/C21H30N4O7/c1-12(2)18(22)20(30)23-11-16(26)24-14(8-9-17(27)28)19(29)25-15(21(31)32)10-13-6-4-3-5-7-13/h3-7,12,14-15,18H,8-11,22H2,1-2H3,(H,23,30)(H,24,26)(H,25,29)(H,27,28)(H,31,32). The van der Waals surface area contributed by atoms with E-state index in [-0.39, 0.29) is 18.8 Å². The fourth-order valence-electron chi connectivity index (χ4n) is 2.69. The largest absolute Gasteiger partial charge is 0.481 e. The van der Waals surface area contributed by atoms with Gasteiger partial charge in [0.2, 0.25) is 17.7 Å². The SMILES string of the molecule is CC(C)C(N)C(=O)NCC(=O)NC(CCC(=O)O)C(=O)NC(Cc1ccccc1)C(=O)O. The van der Waals surface area contributed by atoms with Crippen LogP contribution in [-0.2, 0) is 30.4 Å². The molecule has 1 aromatic rings. The van der Waals surface area contributed by atoms with Crippen molar-refractivity contribution < 1.29 is 34.2 Å². The molecule has 7 N–H and O–H groups in total. The van der Waals surface area contributed by atoms with E-state index < -0.39 is 60.8 Å². The Morgan fingerprint density at radius 1 is 0.938 bits per heavy atom. The molecule has 0 aliphatic rings. The van der Waals surface area contributed by atoms with E-state index in [0.717, 1.165) is 0 Å². The van der Waals surface area contributed by atoms with Crippen LogP contribution in [0.2, 0.25) is 0 Å². The molecular weight excluding hydrogens is 420 g/mol. The van der Waals surface area contributed by atoms with Crippen LogP contribution in [0, 0.1) is 5.92 Å². The van der Waals surface area contributed by atoms with Crippen molar-refractivity contribution in [2.75, 3.05) is 6.54 Å². The molecule has 3 atom stereocenters. The maximum absolute atomic E-state index is 12.6. The summed E-state index contributed by atoms with van der Waals surface area (Å²) in [5.41, 5.74) is 6.37. The maximum atomic E-state index is 12.6. The minimum atomic E-state index is -1.30. The fourth-order valence-corrected chi connectivity index (χ4v) is 2.69. The normalized spacial score (nSPS) is 13.5. The molecule has 0 saturated carbocycles. The molecule has 0 aromatic heterocycles. The van der Waals surface area contributed by atoms with Crippen LogP contribution in [0.1, 0.15) is 32.3 Å². The highest BCUT2D eigenvalue weighted by atomic mass is 16.4. The Balaban J connectivity index is 2.79. The van der Waals surface area contributed by atoms with Crippen LogP contribution in [0.4, 0.5) is 0 Å². The van der Waals surface area contributed by atoms with Crippen LogP contribution in [0.25, 0.3) is 0 Å². The van der Waals surface area contributed by atoms with E-state index in [1.165, 1.54) is 0 Å². The van der Waals surface area contributed by atoms with Gasteiger partial charge in [-0.2, -0.15) is 0 Å². The Morgan fingerprint density at radius 2 is 1.56 bits per heavy atom. The Kier molecular flexibility index (Phi) is 10.8. The highest BCUT2D eigenvalue weighted by Gasteiger charge is 2.27. The van der Waals surface area contributed by atoms with Crippen LogP contribution < -0.4 is 21.7 Å². The van der Waals surface area contributed by atoms with Gasteiger partial charge in [-0.15, -0.1) is 0 Å². The first-order valence-electron chi connectivity index (χ1n) is 10.1. The Hall–Kier alpha value is -3.47. The third-order valence-corrected chi connectivity index (χ3v) is 4.64. The number of aliphatic carboxylic acids is 2. The van der Waals surface area contributed by atoms with Crippen LogP contribution in [-0.4, -0.2) is 64.5 Å². The summed E-state index contributed by atoms with van der Waals surface area (Å²) in [6.07, 6.45) is -0.686. The summed E-state index contributed by atoms with van der Waals surface area (Å²) >= 11 is 0. The molecule has 0 fully saturated rings. The molecule has 3 unspecified atom stereocenters. The molecule has 1 rings (SSSR count). The summed E-state index contributed by atoms with van der Waals surface area (Å²) in [6, 6.07) is 5.24. The summed E-state index contributed by atoms with van der Waals surface area (Å²) in [5, 5.41) is 25.4. The summed E-state index contributed by atoms with van der Waals surface area (Å²) < 4.78 is 0. The number of hydrogen-bond donors (Lipinski definition) is 6. The van der Waals surface area contributed by atoms with Crippen molar-refractivity contribution in [1.82, 2.24) is 16.0 Å². The second kappa shape index (κ2) is 13.1. The van der Waals surface area contributed by atoms with Crippen molar-refractivity contribution in [3.05, 3.63) is 35.9 Å².